The molecule has 3 N–H and O–H groups in total. The number of nitrogens with zero attached hydrogens (tertiary/aromatic N) is 1. The van der Waals surface area contributed by atoms with E-state index in [1.165, 1.54) is 18.2 Å². The van der Waals surface area contributed by atoms with Crippen molar-refractivity contribution in [2.45, 2.75) is 4.90 Å². The molecule has 2 aromatic carbocycles. The summed E-state index contributed by atoms with van der Waals surface area (Å²) in [6.45, 7) is 0. The van der Waals surface area contributed by atoms with Gasteiger partial charge in [-0.05, 0) is 24.3 Å². The van der Waals surface area contributed by atoms with Crippen LogP contribution in [0.3, 0.4) is 0 Å². The molecule has 23 heavy (non-hydrogen) atoms. The highest BCUT2D eigenvalue weighted by Crippen LogP contribution is 2.31. The summed E-state index contributed by atoms with van der Waals surface area (Å²) in [5, 5.41) is 22.3. The van der Waals surface area contributed by atoms with Crippen molar-refractivity contribution >= 4 is 51.0 Å². The maximum Gasteiger partial charge on any atom is 0.278 e. The predicted molar refractivity (Wildman–Crippen MR) is 89.2 cm³/mol. The number of hydrazone groups is 1. The molecule has 0 aliphatic heterocycles. The molecule has 0 saturated carbocycles. The van der Waals surface area contributed by atoms with Gasteiger partial charge in [0.05, 0.1) is 21.3 Å². The number of phenolic OH excluding ortho intramolecular Hbond substituents is 2. The summed E-state index contributed by atoms with van der Waals surface area (Å²) in [5.74, 6) is -0.400. The molecule has 0 spiro atoms. The molecule has 6 nitrogen and oxygen atoms in total. The zero-order valence-corrected chi connectivity index (χ0v) is 14.2. The van der Waals surface area contributed by atoms with Crippen molar-refractivity contribution < 1.29 is 18.6 Å². The lowest BCUT2D eigenvalue weighted by molar-refractivity contribution is 0.450. The molecule has 0 bridgehead atoms. The van der Waals surface area contributed by atoms with Crippen molar-refractivity contribution in [2.24, 2.45) is 5.10 Å². The minimum Gasteiger partial charge on any atom is -0.508 e. The van der Waals surface area contributed by atoms with E-state index in [4.69, 9.17) is 39.9 Å². The number of nitrogens with one attached hydrogen (secondary N) is 1. The molecule has 0 fully saturated rings. The minimum absolute atomic E-state index is 0.0246. The fraction of sp³-hybridized carbons (Fsp3) is 0. The standard InChI is InChI=1S/C13H9Cl3N2O4S/c14-9-4-11(16)13(5-10(9)15)23(21,22)18-17-6-7-1-2-8(19)3-12(7)20/h1-6,18-20H. The van der Waals surface area contributed by atoms with Crippen LogP contribution in [0, 0.1) is 0 Å². The van der Waals surface area contributed by atoms with E-state index in [2.05, 4.69) is 5.10 Å². The summed E-state index contributed by atoms with van der Waals surface area (Å²) >= 11 is 17.4. The van der Waals surface area contributed by atoms with Gasteiger partial charge in [-0.15, -0.1) is 0 Å². The van der Waals surface area contributed by atoms with Crippen LogP contribution in [0.1, 0.15) is 5.56 Å². The molecule has 2 aromatic rings. The first-order chi connectivity index (χ1) is 10.7. The van der Waals surface area contributed by atoms with Crippen LogP contribution in [-0.4, -0.2) is 24.8 Å². The van der Waals surface area contributed by atoms with Gasteiger partial charge in [-0.2, -0.15) is 13.5 Å². The summed E-state index contributed by atoms with van der Waals surface area (Å²) in [6.07, 6.45) is 1.07. The highest BCUT2D eigenvalue weighted by Gasteiger charge is 2.19. The van der Waals surface area contributed by atoms with E-state index in [-0.39, 0.29) is 37.0 Å². The van der Waals surface area contributed by atoms with Crippen molar-refractivity contribution in [3.63, 3.8) is 0 Å². The second kappa shape index (κ2) is 6.84. The molecular formula is C13H9Cl3N2O4S. The fourth-order valence-corrected chi connectivity index (χ4v) is 3.36. The monoisotopic (exact) mass is 394 g/mol. The number of phenols is 2. The maximum absolute atomic E-state index is 12.1. The summed E-state index contributed by atoms with van der Waals surface area (Å²) < 4.78 is 24.3. The average molecular weight is 396 g/mol. The number of halogens is 3. The lowest BCUT2D eigenvalue weighted by atomic mass is 10.2. The van der Waals surface area contributed by atoms with Gasteiger partial charge in [0.1, 0.15) is 16.4 Å². The number of hydrogen-bond acceptors (Lipinski definition) is 5. The normalized spacial score (nSPS) is 11.8. The molecule has 0 atom stereocenters. The summed E-state index contributed by atoms with van der Waals surface area (Å²) in [6, 6.07) is 6.06. The number of rotatable bonds is 4. The minimum atomic E-state index is -4.08. The van der Waals surface area contributed by atoms with Gasteiger partial charge in [-0.1, -0.05) is 34.8 Å². The number of hydrogen-bond donors (Lipinski definition) is 3. The van der Waals surface area contributed by atoms with Crippen molar-refractivity contribution in [1.82, 2.24) is 4.83 Å². The topological polar surface area (TPSA) is 99.0 Å². The van der Waals surface area contributed by atoms with E-state index >= 15 is 0 Å². The average Bonchev–Trinajstić information content (AvgIpc) is 2.45. The molecule has 0 heterocycles. The first kappa shape index (κ1) is 17.7. The van der Waals surface area contributed by atoms with E-state index < -0.39 is 10.0 Å². The van der Waals surface area contributed by atoms with Crippen LogP contribution in [0.25, 0.3) is 0 Å². The molecule has 0 aliphatic carbocycles. The van der Waals surface area contributed by atoms with Crippen LogP contribution in [-0.2, 0) is 10.0 Å². The van der Waals surface area contributed by atoms with Crippen LogP contribution in [0.5, 0.6) is 11.5 Å². The Bertz CT molecular complexity index is 885. The number of benzene rings is 2. The van der Waals surface area contributed by atoms with Gasteiger partial charge in [0.25, 0.3) is 10.0 Å². The highest BCUT2D eigenvalue weighted by molar-refractivity contribution is 7.89. The number of sulfonamides is 1. The third-order valence-corrected chi connectivity index (χ3v) is 5.06. The SMILES string of the molecule is O=S(=O)(NN=Cc1ccc(O)cc1O)c1cc(Cl)c(Cl)cc1Cl. The van der Waals surface area contributed by atoms with Crippen molar-refractivity contribution in [1.29, 1.82) is 0 Å². The van der Waals surface area contributed by atoms with Crippen LogP contribution in [0.4, 0.5) is 0 Å². The number of aromatic hydroxyl groups is 2. The third-order valence-electron chi connectivity index (χ3n) is 2.65. The molecule has 0 unspecified atom stereocenters. The van der Waals surface area contributed by atoms with Crippen LogP contribution >= 0.6 is 34.8 Å². The Kier molecular flexibility index (Phi) is 5.26. The highest BCUT2D eigenvalue weighted by atomic mass is 35.5. The first-order valence-corrected chi connectivity index (χ1v) is 8.54. The molecule has 0 radical (unpaired) electrons. The van der Waals surface area contributed by atoms with Gasteiger partial charge in [0.15, 0.2) is 0 Å². The largest absolute Gasteiger partial charge is 0.508 e. The van der Waals surface area contributed by atoms with Gasteiger partial charge < -0.3 is 10.2 Å². The van der Waals surface area contributed by atoms with Crippen LogP contribution in [0.2, 0.25) is 15.1 Å². The predicted octanol–water partition coefficient (Wildman–Crippen LogP) is 3.37. The Labute approximate surface area is 147 Å². The van der Waals surface area contributed by atoms with E-state index in [0.29, 0.717) is 0 Å². The Balaban J connectivity index is 2.25. The molecule has 0 aromatic heterocycles. The molecule has 0 amide bonds. The Hall–Kier alpha value is -1.67. The van der Waals surface area contributed by atoms with E-state index in [9.17, 15) is 13.5 Å². The Morgan fingerprint density at radius 1 is 1.00 bits per heavy atom. The van der Waals surface area contributed by atoms with E-state index in [0.717, 1.165) is 18.3 Å². The smallest absolute Gasteiger partial charge is 0.278 e. The second-order valence-corrected chi connectivity index (χ2v) is 7.14. The van der Waals surface area contributed by atoms with E-state index in [1.807, 2.05) is 4.83 Å². The molecule has 122 valence electrons. The molecule has 2 rings (SSSR count). The quantitative estimate of drug-likeness (QED) is 0.420. The maximum atomic E-state index is 12.1. The molecule has 0 saturated heterocycles. The first-order valence-electron chi connectivity index (χ1n) is 5.92. The third kappa shape index (κ3) is 4.20. The zero-order chi connectivity index (χ0) is 17.2. The summed E-state index contributed by atoms with van der Waals surface area (Å²) in [4.78, 5) is 1.64. The van der Waals surface area contributed by atoms with Crippen LogP contribution < -0.4 is 4.83 Å². The Morgan fingerprint density at radius 3 is 2.30 bits per heavy atom. The second-order valence-electron chi connectivity index (χ2n) is 4.29. The lowest BCUT2D eigenvalue weighted by Gasteiger charge is -2.07. The van der Waals surface area contributed by atoms with Gasteiger partial charge in [0, 0.05) is 11.6 Å². The van der Waals surface area contributed by atoms with Crippen LogP contribution in [0.15, 0.2) is 40.3 Å². The molecular weight excluding hydrogens is 387 g/mol. The van der Waals surface area contributed by atoms with Gasteiger partial charge >= 0.3 is 0 Å². The summed E-state index contributed by atoms with van der Waals surface area (Å²) in [7, 11) is -4.08. The summed E-state index contributed by atoms with van der Waals surface area (Å²) in [5.41, 5.74) is 0.200. The van der Waals surface area contributed by atoms with Gasteiger partial charge in [-0.3, -0.25) is 0 Å². The van der Waals surface area contributed by atoms with Crippen molar-refractivity contribution in [3.8, 4) is 11.5 Å². The van der Waals surface area contributed by atoms with E-state index in [1.54, 1.807) is 0 Å². The Morgan fingerprint density at radius 2 is 1.65 bits per heavy atom. The van der Waals surface area contributed by atoms with Crippen molar-refractivity contribution in [2.75, 3.05) is 0 Å². The molecule has 10 heteroatoms. The van der Waals surface area contributed by atoms with Gasteiger partial charge in [0.2, 0.25) is 0 Å². The zero-order valence-electron chi connectivity index (χ0n) is 11.2. The van der Waals surface area contributed by atoms with Gasteiger partial charge in [-0.25, -0.2) is 4.83 Å². The van der Waals surface area contributed by atoms with Crippen molar-refractivity contribution in [3.05, 3.63) is 51.0 Å². The fourth-order valence-electron chi connectivity index (χ4n) is 1.57. The molecule has 0 aliphatic rings. The lowest BCUT2D eigenvalue weighted by Crippen LogP contribution is -2.18.